The van der Waals surface area contributed by atoms with Crippen molar-refractivity contribution in [2.45, 2.75) is 13.0 Å². The van der Waals surface area contributed by atoms with Crippen LogP contribution in [0.5, 0.6) is 5.75 Å². The number of hydrogen-bond donors (Lipinski definition) is 1. The zero-order chi connectivity index (χ0) is 14.4. The standard InChI is InChI=1S/C16H13NO3/c17-9-8-12-4-6-15(7-5-12)20-11-13-2-1-3-14(10-13)16(18)19/h1-7,10H,8,11H2,(H,18,19). The van der Waals surface area contributed by atoms with Crippen molar-refractivity contribution >= 4 is 5.97 Å². The average Bonchev–Trinajstić information content (AvgIpc) is 2.47. The van der Waals surface area contributed by atoms with E-state index in [-0.39, 0.29) is 5.56 Å². The molecule has 0 bridgehead atoms. The third kappa shape index (κ3) is 3.59. The number of carboxylic acids is 1. The minimum Gasteiger partial charge on any atom is -0.489 e. The Morgan fingerprint density at radius 2 is 1.90 bits per heavy atom. The van der Waals surface area contributed by atoms with Crippen LogP contribution in [-0.2, 0) is 13.0 Å². The summed E-state index contributed by atoms with van der Waals surface area (Å²) in [6.07, 6.45) is 0.376. The van der Waals surface area contributed by atoms with Crippen molar-refractivity contribution in [3.63, 3.8) is 0 Å². The zero-order valence-electron chi connectivity index (χ0n) is 10.7. The second kappa shape index (κ2) is 6.39. The number of ether oxygens (including phenoxy) is 1. The summed E-state index contributed by atoms with van der Waals surface area (Å²) < 4.78 is 5.58. The second-order valence-corrected chi connectivity index (χ2v) is 4.27. The van der Waals surface area contributed by atoms with E-state index in [1.165, 1.54) is 0 Å². The highest BCUT2D eigenvalue weighted by Crippen LogP contribution is 2.15. The van der Waals surface area contributed by atoms with E-state index in [9.17, 15) is 4.79 Å². The Balaban J connectivity index is 2.00. The number of aromatic carboxylic acids is 1. The second-order valence-electron chi connectivity index (χ2n) is 4.27. The van der Waals surface area contributed by atoms with Gasteiger partial charge in [-0.1, -0.05) is 24.3 Å². The molecule has 0 spiro atoms. The molecule has 0 aliphatic heterocycles. The molecule has 0 aliphatic carbocycles. The lowest BCUT2D eigenvalue weighted by molar-refractivity contribution is 0.0696. The van der Waals surface area contributed by atoms with Crippen LogP contribution in [0.25, 0.3) is 0 Å². The number of nitriles is 1. The van der Waals surface area contributed by atoms with Gasteiger partial charge in [0.15, 0.2) is 0 Å². The van der Waals surface area contributed by atoms with Gasteiger partial charge in [0, 0.05) is 0 Å². The monoisotopic (exact) mass is 267 g/mol. The SMILES string of the molecule is N#CCc1ccc(OCc2cccc(C(=O)O)c2)cc1. The van der Waals surface area contributed by atoms with Crippen LogP contribution in [0.4, 0.5) is 0 Å². The maximum absolute atomic E-state index is 10.9. The third-order valence-corrected chi connectivity index (χ3v) is 2.79. The van der Waals surface area contributed by atoms with Crippen LogP contribution in [-0.4, -0.2) is 11.1 Å². The largest absolute Gasteiger partial charge is 0.489 e. The van der Waals surface area contributed by atoms with Crippen LogP contribution in [0.1, 0.15) is 21.5 Å². The highest BCUT2D eigenvalue weighted by Gasteiger charge is 2.03. The van der Waals surface area contributed by atoms with E-state index in [0.717, 1.165) is 11.1 Å². The summed E-state index contributed by atoms with van der Waals surface area (Å²) >= 11 is 0. The van der Waals surface area contributed by atoms with Crippen LogP contribution < -0.4 is 4.74 Å². The molecule has 0 fully saturated rings. The summed E-state index contributed by atoms with van der Waals surface area (Å²) in [5, 5.41) is 17.5. The van der Waals surface area contributed by atoms with Crippen LogP contribution in [0.3, 0.4) is 0 Å². The normalized spacial score (nSPS) is 9.75. The van der Waals surface area contributed by atoms with Crippen LogP contribution in [0.15, 0.2) is 48.5 Å². The highest BCUT2D eigenvalue weighted by molar-refractivity contribution is 5.87. The van der Waals surface area contributed by atoms with Crippen molar-refractivity contribution in [3.8, 4) is 11.8 Å². The van der Waals surface area contributed by atoms with Gasteiger partial charge in [0.05, 0.1) is 18.1 Å². The van der Waals surface area contributed by atoms with Gasteiger partial charge in [-0.05, 0) is 35.4 Å². The molecule has 4 heteroatoms. The van der Waals surface area contributed by atoms with Crippen molar-refractivity contribution in [2.24, 2.45) is 0 Å². The summed E-state index contributed by atoms with van der Waals surface area (Å²) in [5.41, 5.74) is 1.98. The molecule has 0 atom stereocenters. The topological polar surface area (TPSA) is 70.3 Å². The summed E-state index contributed by atoms with van der Waals surface area (Å²) in [7, 11) is 0. The molecule has 0 aromatic heterocycles. The molecule has 0 heterocycles. The minimum atomic E-state index is -0.951. The first-order valence-corrected chi connectivity index (χ1v) is 6.10. The molecule has 0 unspecified atom stereocenters. The molecule has 0 radical (unpaired) electrons. The van der Waals surface area contributed by atoms with Crippen LogP contribution in [0.2, 0.25) is 0 Å². The molecule has 0 saturated carbocycles. The molecule has 100 valence electrons. The van der Waals surface area contributed by atoms with Crippen molar-refractivity contribution in [3.05, 3.63) is 65.2 Å². The lowest BCUT2D eigenvalue weighted by Crippen LogP contribution is -2.00. The number of rotatable bonds is 5. The van der Waals surface area contributed by atoms with Gasteiger partial charge in [-0.15, -0.1) is 0 Å². The fourth-order valence-electron chi connectivity index (χ4n) is 1.76. The molecule has 2 rings (SSSR count). The van der Waals surface area contributed by atoms with E-state index >= 15 is 0 Å². The fourth-order valence-corrected chi connectivity index (χ4v) is 1.76. The number of nitrogens with zero attached hydrogens (tertiary/aromatic N) is 1. The van der Waals surface area contributed by atoms with Crippen molar-refractivity contribution in [1.29, 1.82) is 5.26 Å². The Morgan fingerprint density at radius 1 is 1.15 bits per heavy atom. The molecule has 2 aromatic rings. The number of carboxylic acid groups (broad SMARTS) is 1. The van der Waals surface area contributed by atoms with Gasteiger partial charge >= 0.3 is 5.97 Å². The maximum Gasteiger partial charge on any atom is 0.335 e. The minimum absolute atomic E-state index is 0.246. The van der Waals surface area contributed by atoms with Gasteiger partial charge in [0.2, 0.25) is 0 Å². The summed E-state index contributed by atoms with van der Waals surface area (Å²) in [6.45, 7) is 0.304. The fraction of sp³-hybridized carbons (Fsp3) is 0.125. The molecule has 0 amide bonds. The predicted molar refractivity (Wildman–Crippen MR) is 73.5 cm³/mol. The first-order valence-electron chi connectivity index (χ1n) is 6.10. The molecule has 4 nitrogen and oxygen atoms in total. The van der Waals surface area contributed by atoms with Gasteiger partial charge in [0.25, 0.3) is 0 Å². The van der Waals surface area contributed by atoms with E-state index in [1.54, 1.807) is 30.3 Å². The van der Waals surface area contributed by atoms with Gasteiger partial charge in [-0.3, -0.25) is 0 Å². The zero-order valence-corrected chi connectivity index (χ0v) is 10.7. The first kappa shape index (κ1) is 13.6. The van der Waals surface area contributed by atoms with E-state index < -0.39 is 5.97 Å². The molecule has 2 aromatic carbocycles. The lowest BCUT2D eigenvalue weighted by Gasteiger charge is -2.07. The molecule has 0 saturated heterocycles. The molecule has 1 N–H and O–H groups in total. The Kier molecular flexibility index (Phi) is 4.35. The van der Waals surface area contributed by atoms with Crippen molar-refractivity contribution in [2.75, 3.05) is 0 Å². The molecule has 20 heavy (non-hydrogen) atoms. The van der Waals surface area contributed by atoms with Gasteiger partial charge in [-0.2, -0.15) is 5.26 Å². The smallest absolute Gasteiger partial charge is 0.335 e. The maximum atomic E-state index is 10.9. The molecular weight excluding hydrogens is 254 g/mol. The van der Waals surface area contributed by atoms with Crippen LogP contribution in [0, 0.1) is 11.3 Å². The first-order chi connectivity index (χ1) is 9.69. The number of hydrogen-bond acceptors (Lipinski definition) is 3. The summed E-state index contributed by atoms with van der Waals surface area (Å²) in [6, 6.07) is 16.0. The highest BCUT2D eigenvalue weighted by atomic mass is 16.5. The van der Waals surface area contributed by atoms with Gasteiger partial charge in [0.1, 0.15) is 12.4 Å². The Morgan fingerprint density at radius 3 is 2.55 bits per heavy atom. The Labute approximate surface area is 116 Å². The van der Waals surface area contributed by atoms with E-state index in [2.05, 4.69) is 6.07 Å². The van der Waals surface area contributed by atoms with E-state index in [0.29, 0.717) is 18.8 Å². The number of benzene rings is 2. The Hall–Kier alpha value is -2.80. The van der Waals surface area contributed by atoms with E-state index in [1.807, 2.05) is 18.2 Å². The van der Waals surface area contributed by atoms with Crippen molar-refractivity contribution < 1.29 is 14.6 Å². The van der Waals surface area contributed by atoms with Crippen molar-refractivity contribution in [1.82, 2.24) is 0 Å². The third-order valence-electron chi connectivity index (χ3n) is 2.79. The van der Waals surface area contributed by atoms with Crippen LogP contribution >= 0.6 is 0 Å². The average molecular weight is 267 g/mol. The summed E-state index contributed by atoms with van der Waals surface area (Å²) in [5.74, 6) is -0.264. The predicted octanol–water partition coefficient (Wildman–Crippen LogP) is 3.03. The molecular formula is C16H13NO3. The van der Waals surface area contributed by atoms with Gasteiger partial charge in [-0.25, -0.2) is 4.79 Å². The molecule has 0 aliphatic rings. The quantitative estimate of drug-likeness (QED) is 0.903. The Bertz CT molecular complexity index is 642. The summed E-state index contributed by atoms with van der Waals surface area (Å²) in [4.78, 5) is 10.9. The number of carbonyl (C=O) groups is 1. The lowest BCUT2D eigenvalue weighted by atomic mass is 10.1. The van der Waals surface area contributed by atoms with E-state index in [4.69, 9.17) is 15.1 Å². The van der Waals surface area contributed by atoms with Gasteiger partial charge < -0.3 is 9.84 Å².